The summed E-state index contributed by atoms with van der Waals surface area (Å²) < 4.78 is 0. The summed E-state index contributed by atoms with van der Waals surface area (Å²) >= 11 is 0. The molecule has 0 atom stereocenters. The van der Waals surface area contributed by atoms with Crippen LogP contribution >= 0.6 is 0 Å². The third-order valence-electron chi connectivity index (χ3n) is 4.01. The maximum atomic E-state index is 4.64. The van der Waals surface area contributed by atoms with Crippen molar-refractivity contribution in [1.82, 2.24) is 14.9 Å². The second-order valence-corrected chi connectivity index (χ2v) is 5.69. The second kappa shape index (κ2) is 7.22. The van der Waals surface area contributed by atoms with Crippen molar-refractivity contribution in [2.75, 3.05) is 50.0 Å². The Kier molecular flexibility index (Phi) is 4.85. The fourth-order valence-corrected chi connectivity index (χ4v) is 2.61. The summed E-state index contributed by atoms with van der Waals surface area (Å²) in [6.45, 7) is 5.06. The van der Waals surface area contributed by atoms with Crippen molar-refractivity contribution in [3.05, 3.63) is 48.2 Å². The van der Waals surface area contributed by atoms with E-state index in [1.54, 1.807) is 0 Å². The largest absolute Gasteiger partial charge is 0.354 e. The summed E-state index contributed by atoms with van der Waals surface area (Å²) in [6, 6.07) is 12.5. The van der Waals surface area contributed by atoms with Crippen LogP contribution in [0.1, 0.15) is 5.56 Å². The number of hydrogen-bond donors (Lipinski definition) is 1. The molecule has 1 N–H and O–H groups in total. The van der Waals surface area contributed by atoms with E-state index in [-0.39, 0.29) is 0 Å². The monoisotopic (exact) mass is 297 g/mol. The lowest BCUT2D eigenvalue weighted by Crippen LogP contribution is -2.44. The first-order chi connectivity index (χ1) is 10.8. The zero-order valence-electron chi connectivity index (χ0n) is 13.1. The van der Waals surface area contributed by atoms with Crippen molar-refractivity contribution in [2.24, 2.45) is 0 Å². The van der Waals surface area contributed by atoms with E-state index in [0.717, 1.165) is 45.0 Å². The van der Waals surface area contributed by atoms with Gasteiger partial charge in [-0.1, -0.05) is 30.3 Å². The lowest BCUT2D eigenvalue weighted by molar-refractivity contribution is 0.312. The molecule has 1 aromatic carbocycles. The zero-order chi connectivity index (χ0) is 15.2. The van der Waals surface area contributed by atoms with Crippen molar-refractivity contribution in [2.45, 2.75) is 6.42 Å². The molecule has 22 heavy (non-hydrogen) atoms. The SMILES string of the molecule is CN1CCN(c2ccnc(NCCc3ccccc3)n2)CC1. The Labute approximate surface area is 132 Å². The number of piperazine rings is 1. The van der Waals surface area contributed by atoms with E-state index in [1.165, 1.54) is 5.56 Å². The highest BCUT2D eigenvalue weighted by Gasteiger charge is 2.15. The fraction of sp³-hybridized carbons (Fsp3) is 0.412. The predicted octanol–water partition coefficient (Wildman–Crippen LogP) is 1.88. The first-order valence-corrected chi connectivity index (χ1v) is 7.85. The molecule has 1 aliphatic heterocycles. The molecule has 1 fully saturated rings. The Bertz CT molecular complexity index is 579. The number of hydrogen-bond acceptors (Lipinski definition) is 5. The van der Waals surface area contributed by atoms with Gasteiger partial charge in [0.25, 0.3) is 0 Å². The van der Waals surface area contributed by atoms with Crippen molar-refractivity contribution in [3.8, 4) is 0 Å². The third kappa shape index (κ3) is 3.95. The molecule has 0 aliphatic carbocycles. The summed E-state index contributed by atoms with van der Waals surface area (Å²) in [5.41, 5.74) is 1.32. The van der Waals surface area contributed by atoms with Crippen LogP contribution in [0, 0.1) is 0 Å². The van der Waals surface area contributed by atoms with Gasteiger partial charge in [0.05, 0.1) is 0 Å². The molecule has 116 valence electrons. The van der Waals surface area contributed by atoms with Gasteiger partial charge < -0.3 is 15.1 Å². The molecule has 0 saturated carbocycles. The minimum absolute atomic E-state index is 0.715. The standard InChI is InChI=1S/C17H23N5/c1-21-11-13-22(14-12-21)16-8-10-19-17(20-16)18-9-7-15-5-3-2-4-6-15/h2-6,8,10H,7,9,11-14H2,1H3,(H,18,19,20). The van der Waals surface area contributed by atoms with Crippen molar-refractivity contribution < 1.29 is 0 Å². The molecule has 2 heterocycles. The van der Waals surface area contributed by atoms with Crippen LogP contribution < -0.4 is 10.2 Å². The van der Waals surface area contributed by atoms with Gasteiger partial charge in [-0.3, -0.25) is 0 Å². The predicted molar refractivity (Wildman–Crippen MR) is 90.4 cm³/mol. The van der Waals surface area contributed by atoms with Gasteiger partial charge in [0.2, 0.25) is 5.95 Å². The highest BCUT2D eigenvalue weighted by Crippen LogP contribution is 2.14. The highest BCUT2D eigenvalue weighted by atomic mass is 15.3. The van der Waals surface area contributed by atoms with Gasteiger partial charge in [0, 0.05) is 38.9 Å². The van der Waals surface area contributed by atoms with Gasteiger partial charge in [-0.15, -0.1) is 0 Å². The number of aromatic nitrogens is 2. The first-order valence-electron chi connectivity index (χ1n) is 7.85. The molecule has 0 bridgehead atoms. The van der Waals surface area contributed by atoms with E-state index >= 15 is 0 Å². The molecule has 0 amide bonds. The normalized spacial score (nSPS) is 15.8. The van der Waals surface area contributed by atoms with Crippen LogP contribution in [0.25, 0.3) is 0 Å². The highest BCUT2D eigenvalue weighted by molar-refractivity contribution is 5.43. The number of nitrogens with zero attached hydrogens (tertiary/aromatic N) is 4. The van der Waals surface area contributed by atoms with Crippen molar-refractivity contribution in [3.63, 3.8) is 0 Å². The Morgan fingerprint density at radius 2 is 1.82 bits per heavy atom. The van der Waals surface area contributed by atoms with Gasteiger partial charge in [-0.05, 0) is 25.1 Å². The van der Waals surface area contributed by atoms with E-state index in [1.807, 2.05) is 18.3 Å². The molecule has 0 radical (unpaired) electrons. The summed E-state index contributed by atoms with van der Waals surface area (Å²) in [4.78, 5) is 13.6. The maximum Gasteiger partial charge on any atom is 0.224 e. The number of rotatable bonds is 5. The Hall–Kier alpha value is -2.14. The Balaban J connectivity index is 1.55. The average molecular weight is 297 g/mol. The molecule has 0 unspecified atom stereocenters. The van der Waals surface area contributed by atoms with Gasteiger partial charge in [0.15, 0.2) is 0 Å². The van der Waals surface area contributed by atoms with Crippen LogP contribution in [0.4, 0.5) is 11.8 Å². The van der Waals surface area contributed by atoms with Gasteiger partial charge in [-0.25, -0.2) is 4.98 Å². The molecule has 2 aromatic rings. The van der Waals surface area contributed by atoms with E-state index < -0.39 is 0 Å². The molecule has 1 aromatic heterocycles. The molecular weight excluding hydrogens is 274 g/mol. The molecule has 1 aliphatic rings. The summed E-state index contributed by atoms with van der Waals surface area (Å²) in [5.74, 6) is 1.73. The van der Waals surface area contributed by atoms with Crippen molar-refractivity contribution >= 4 is 11.8 Å². The van der Waals surface area contributed by atoms with Crippen LogP contribution in [0.15, 0.2) is 42.6 Å². The van der Waals surface area contributed by atoms with E-state index in [9.17, 15) is 0 Å². The third-order valence-corrected chi connectivity index (χ3v) is 4.01. The second-order valence-electron chi connectivity index (χ2n) is 5.69. The molecule has 5 heteroatoms. The van der Waals surface area contributed by atoms with Crippen LogP contribution in [0.2, 0.25) is 0 Å². The van der Waals surface area contributed by atoms with Gasteiger partial charge >= 0.3 is 0 Å². The lowest BCUT2D eigenvalue weighted by Gasteiger charge is -2.33. The Morgan fingerprint density at radius 1 is 1.05 bits per heavy atom. The number of likely N-dealkylation sites (N-methyl/N-ethyl adjacent to an activating group) is 1. The van der Waals surface area contributed by atoms with Crippen LogP contribution in [0.3, 0.4) is 0 Å². The molecule has 3 rings (SSSR count). The Morgan fingerprint density at radius 3 is 2.59 bits per heavy atom. The van der Waals surface area contributed by atoms with E-state index in [4.69, 9.17) is 0 Å². The molecule has 0 spiro atoms. The minimum atomic E-state index is 0.715. The molecule has 5 nitrogen and oxygen atoms in total. The maximum absolute atomic E-state index is 4.64. The van der Waals surface area contributed by atoms with Gasteiger partial charge in [0.1, 0.15) is 5.82 Å². The van der Waals surface area contributed by atoms with E-state index in [0.29, 0.717) is 5.95 Å². The summed E-state index contributed by atoms with van der Waals surface area (Å²) in [5, 5.41) is 3.32. The lowest BCUT2D eigenvalue weighted by atomic mass is 10.1. The number of benzene rings is 1. The summed E-state index contributed by atoms with van der Waals surface area (Å²) in [6.07, 6.45) is 2.81. The van der Waals surface area contributed by atoms with Gasteiger partial charge in [-0.2, -0.15) is 4.98 Å². The minimum Gasteiger partial charge on any atom is -0.354 e. The van der Waals surface area contributed by atoms with Crippen LogP contribution in [-0.4, -0.2) is 54.6 Å². The molecular formula is C17H23N5. The topological polar surface area (TPSA) is 44.3 Å². The van der Waals surface area contributed by atoms with E-state index in [2.05, 4.69) is 56.4 Å². The first kappa shape index (κ1) is 14.8. The number of nitrogens with one attached hydrogen (secondary N) is 1. The fourth-order valence-electron chi connectivity index (χ4n) is 2.61. The van der Waals surface area contributed by atoms with Crippen LogP contribution in [0.5, 0.6) is 0 Å². The van der Waals surface area contributed by atoms with Crippen molar-refractivity contribution in [1.29, 1.82) is 0 Å². The average Bonchev–Trinajstić information content (AvgIpc) is 2.57. The zero-order valence-corrected chi connectivity index (χ0v) is 13.1. The number of anilines is 2. The quantitative estimate of drug-likeness (QED) is 0.913. The molecule has 1 saturated heterocycles. The summed E-state index contributed by atoms with van der Waals surface area (Å²) in [7, 11) is 2.16. The van der Waals surface area contributed by atoms with Crippen LogP contribution in [-0.2, 0) is 6.42 Å². The smallest absolute Gasteiger partial charge is 0.224 e.